The number of amides is 1. The molecule has 2 aromatic carbocycles. The minimum Gasteiger partial charge on any atom is -0.420 e. The number of amidine groups is 1. The van der Waals surface area contributed by atoms with Crippen LogP contribution in [0.15, 0.2) is 52.4 Å². The average molecular weight is 1060 g/mol. The number of rotatable bonds is 40. The Hall–Kier alpha value is -4.94. The van der Waals surface area contributed by atoms with E-state index in [9.17, 15) is 31.4 Å². The number of ether oxygens (including phenoxy) is 11. The summed E-state index contributed by atoms with van der Waals surface area (Å²) in [6.45, 7) is 8.70. The minimum atomic E-state index is -3.36. The molecule has 406 valence electrons. The molecular formula is C47H63F4N5O16S. The second kappa shape index (κ2) is 36.1. The molecule has 0 aliphatic carbocycles. The predicted octanol–water partition coefficient (Wildman–Crippen LogP) is 4.39. The number of carbonyl (C=O) groups excluding carboxylic acids is 2. The Balaban J connectivity index is 0.851. The van der Waals surface area contributed by atoms with Crippen LogP contribution in [0.5, 0.6) is 5.75 Å². The number of nitrogens with zero attached hydrogens (tertiary/aromatic N) is 4. The van der Waals surface area contributed by atoms with Crippen molar-refractivity contribution in [1.29, 1.82) is 0 Å². The fraction of sp³-hybridized carbons (Fsp3) is 0.553. The van der Waals surface area contributed by atoms with Gasteiger partial charge in [-0.25, -0.2) is 33.0 Å². The van der Waals surface area contributed by atoms with E-state index in [1.807, 2.05) is 25.1 Å². The Kier molecular flexibility index (Phi) is 30.0. The Labute approximate surface area is 422 Å². The number of esters is 1. The van der Waals surface area contributed by atoms with E-state index in [0.717, 1.165) is 16.7 Å². The zero-order chi connectivity index (χ0) is 52.5. The molecule has 1 aliphatic heterocycles. The van der Waals surface area contributed by atoms with E-state index in [4.69, 9.17) is 62.5 Å². The fourth-order valence-electron chi connectivity index (χ4n) is 6.19. The fourth-order valence-corrected chi connectivity index (χ4v) is 6.67. The molecule has 1 unspecified atom stereocenters. The lowest BCUT2D eigenvalue weighted by atomic mass is 10.0. The molecule has 3 N–H and O–H groups in total. The second-order valence-corrected chi connectivity index (χ2v) is 16.0. The van der Waals surface area contributed by atoms with Gasteiger partial charge in [0.15, 0.2) is 22.7 Å². The molecule has 73 heavy (non-hydrogen) atoms. The first-order valence-electron chi connectivity index (χ1n) is 23.3. The Morgan fingerprint density at radius 1 is 0.644 bits per heavy atom. The van der Waals surface area contributed by atoms with E-state index >= 15 is 0 Å². The molecule has 1 atom stereocenters. The van der Waals surface area contributed by atoms with Crippen LogP contribution in [0.2, 0.25) is 0 Å². The maximum absolute atomic E-state index is 14.0. The summed E-state index contributed by atoms with van der Waals surface area (Å²) in [7, 11) is 0. The largest absolute Gasteiger partial charge is 0.420 e. The van der Waals surface area contributed by atoms with Crippen molar-refractivity contribution in [2.24, 2.45) is 10.7 Å². The summed E-state index contributed by atoms with van der Waals surface area (Å²) in [5.41, 5.74) is 9.87. The lowest BCUT2D eigenvalue weighted by Gasteiger charge is -2.22. The zero-order valence-electron chi connectivity index (χ0n) is 40.6. The average Bonchev–Trinajstić information content (AvgIpc) is 3.55. The molecule has 0 radical (unpaired) electrons. The molecule has 0 spiro atoms. The number of hydrogen-bond acceptors (Lipinski definition) is 19. The zero-order valence-corrected chi connectivity index (χ0v) is 41.4. The van der Waals surface area contributed by atoms with Crippen LogP contribution in [0.1, 0.15) is 31.7 Å². The molecular weight excluding hydrogens is 999 g/mol. The highest BCUT2D eigenvalue weighted by molar-refractivity contribution is 7.79. The predicted molar refractivity (Wildman–Crippen MR) is 253 cm³/mol. The molecule has 26 heteroatoms. The highest BCUT2D eigenvalue weighted by atomic mass is 32.2. The minimum absolute atomic E-state index is 0.0543. The molecule has 2 heterocycles. The Bertz CT molecular complexity index is 2170. The van der Waals surface area contributed by atoms with Gasteiger partial charge in [0.2, 0.25) is 17.4 Å². The van der Waals surface area contributed by atoms with Crippen molar-refractivity contribution in [3.8, 4) is 16.9 Å². The van der Waals surface area contributed by atoms with Crippen LogP contribution in [-0.2, 0) is 72.9 Å². The summed E-state index contributed by atoms with van der Waals surface area (Å²) in [6, 6.07) is 5.72. The van der Waals surface area contributed by atoms with Gasteiger partial charge >= 0.3 is 5.97 Å². The SMILES string of the molecule is CCCN(OCCOCCOCCOCCOCCOCCOCCOCCOCCOCCOCCC(=O)Oc1c(F)c(F)c(S(=O)O)c(F)c1F)C(=O)C1=Cc2ccc(-c3cncnc3)cc2N=C(N)C1. The number of carbonyl (C=O) groups is 2. The van der Waals surface area contributed by atoms with Gasteiger partial charge in [-0.15, -0.1) is 0 Å². The number of benzene rings is 2. The topological polar surface area (TPSA) is 250 Å². The van der Waals surface area contributed by atoms with Crippen molar-refractivity contribution in [2.75, 3.05) is 145 Å². The standard InChI is InChI=1S/C47H63F4N5O16S/c1-2-6-56(47(58)36-28-35-4-3-34(37-31-53-33-54-32-37)29-38(35)55-39(52)30-36)71-27-26-70-25-24-69-23-22-68-21-20-67-19-18-66-17-16-65-15-14-64-13-12-63-11-10-62-9-8-61-7-5-40(57)72-45-41(48)43(50)46(73(59)60)44(51)42(45)49/h3-4,28-29,31-33H,2,5-27,30H2,1H3,(H2,52,55)(H,59,60). The van der Waals surface area contributed by atoms with Crippen LogP contribution in [0.4, 0.5) is 23.2 Å². The van der Waals surface area contributed by atoms with Gasteiger partial charge in [-0.05, 0) is 24.1 Å². The van der Waals surface area contributed by atoms with Gasteiger partial charge in [-0.3, -0.25) is 14.4 Å². The number of halogens is 4. The van der Waals surface area contributed by atoms with Gasteiger partial charge in [0.1, 0.15) is 17.1 Å². The van der Waals surface area contributed by atoms with E-state index in [1.165, 1.54) is 11.4 Å². The van der Waals surface area contributed by atoms with Crippen LogP contribution in [-0.4, -0.2) is 187 Å². The summed E-state index contributed by atoms with van der Waals surface area (Å²) in [5.74, 6) is -11.4. The van der Waals surface area contributed by atoms with Crippen molar-refractivity contribution in [3.05, 3.63) is 71.3 Å². The number of hydroxylamine groups is 2. The number of aliphatic imine (C=N–C) groups is 1. The highest BCUT2D eigenvalue weighted by Gasteiger charge is 2.31. The first kappa shape index (κ1) is 60.6. The Morgan fingerprint density at radius 2 is 1.08 bits per heavy atom. The molecule has 1 amide bonds. The van der Waals surface area contributed by atoms with Crippen LogP contribution in [0.3, 0.4) is 0 Å². The van der Waals surface area contributed by atoms with Crippen molar-refractivity contribution in [2.45, 2.75) is 31.1 Å². The lowest BCUT2D eigenvalue weighted by Crippen LogP contribution is -2.35. The molecule has 4 rings (SSSR count). The molecule has 1 aliphatic rings. The smallest absolute Gasteiger partial charge is 0.313 e. The molecule has 3 aromatic rings. The molecule has 0 bridgehead atoms. The second-order valence-electron chi connectivity index (χ2n) is 15.1. The normalized spacial score (nSPS) is 12.8. The van der Waals surface area contributed by atoms with Gasteiger partial charge in [0, 0.05) is 42.1 Å². The van der Waals surface area contributed by atoms with Gasteiger partial charge in [-0.2, -0.15) is 8.78 Å². The van der Waals surface area contributed by atoms with Gasteiger partial charge in [-0.1, -0.05) is 19.1 Å². The molecule has 21 nitrogen and oxygen atoms in total. The monoisotopic (exact) mass is 1060 g/mol. The molecule has 1 aromatic heterocycles. The first-order chi connectivity index (χ1) is 35.5. The van der Waals surface area contributed by atoms with Crippen LogP contribution in [0, 0.1) is 23.3 Å². The van der Waals surface area contributed by atoms with Crippen molar-refractivity contribution >= 4 is 40.6 Å². The van der Waals surface area contributed by atoms with Gasteiger partial charge in [0.25, 0.3) is 5.91 Å². The third kappa shape index (κ3) is 23.0. The van der Waals surface area contributed by atoms with E-state index in [1.54, 1.807) is 18.5 Å². The van der Waals surface area contributed by atoms with Gasteiger partial charge in [0.05, 0.1) is 151 Å². The highest BCUT2D eigenvalue weighted by Crippen LogP contribution is 2.33. The van der Waals surface area contributed by atoms with Crippen LogP contribution >= 0.6 is 0 Å². The quantitative estimate of drug-likeness (QED) is 0.0152. The van der Waals surface area contributed by atoms with E-state index in [0.29, 0.717) is 123 Å². The summed E-state index contributed by atoms with van der Waals surface area (Å²) in [6.07, 6.45) is 7.07. The maximum atomic E-state index is 14.0. The maximum Gasteiger partial charge on any atom is 0.313 e. The third-order valence-corrected chi connectivity index (χ3v) is 10.4. The summed E-state index contributed by atoms with van der Waals surface area (Å²) < 4.78 is 134. The van der Waals surface area contributed by atoms with Gasteiger partial charge < -0.3 is 62.4 Å². The van der Waals surface area contributed by atoms with Crippen molar-refractivity contribution < 1.29 is 92.9 Å². The molecule has 0 saturated heterocycles. The number of hydrogen-bond donors (Lipinski definition) is 2. The molecule has 0 fully saturated rings. The van der Waals surface area contributed by atoms with E-state index < -0.39 is 57.4 Å². The number of fused-ring (bicyclic) bond motifs is 1. The number of aromatic nitrogens is 2. The third-order valence-electron chi connectivity index (χ3n) is 9.66. The van der Waals surface area contributed by atoms with Crippen molar-refractivity contribution in [1.82, 2.24) is 15.0 Å². The first-order valence-corrected chi connectivity index (χ1v) is 24.4. The number of nitrogens with two attached hydrogens (primary N) is 1. The summed E-state index contributed by atoms with van der Waals surface area (Å²) in [5, 5.41) is 1.35. The van der Waals surface area contributed by atoms with Crippen LogP contribution in [0.25, 0.3) is 17.2 Å². The summed E-state index contributed by atoms with van der Waals surface area (Å²) >= 11 is -3.36. The lowest BCUT2D eigenvalue weighted by molar-refractivity contribution is -0.187. The van der Waals surface area contributed by atoms with E-state index in [-0.39, 0.29) is 58.6 Å². The summed E-state index contributed by atoms with van der Waals surface area (Å²) in [4.78, 5) is 42.1. The van der Waals surface area contributed by atoms with Crippen molar-refractivity contribution in [3.63, 3.8) is 0 Å². The molecule has 0 saturated carbocycles. The van der Waals surface area contributed by atoms with E-state index in [2.05, 4.69) is 19.7 Å². The Morgan fingerprint density at radius 3 is 1.52 bits per heavy atom. The van der Waals surface area contributed by atoms with Crippen LogP contribution < -0.4 is 10.5 Å².